The average molecular weight is 602 g/mol. The van der Waals surface area contributed by atoms with Crippen LogP contribution in [0.25, 0.3) is 10.9 Å². The Labute approximate surface area is 235 Å². The van der Waals surface area contributed by atoms with E-state index in [-0.39, 0.29) is 17.2 Å². The van der Waals surface area contributed by atoms with Gasteiger partial charge in [0.05, 0.1) is 17.1 Å². The molecule has 200 valence electrons. The first kappa shape index (κ1) is 27.0. The first-order valence-corrected chi connectivity index (χ1v) is 14.4. The molecule has 1 aliphatic carbocycles. The van der Waals surface area contributed by atoms with E-state index >= 15 is 0 Å². The fourth-order valence-electron chi connectivity index (χ4n) is 5.63. The second-order valence-electron chi connectivity index (χ2n) is 10.5. The van der Waals surface area contributed by atoms with Gasteiger partial charge in [0.1, 0.15) is 23.7 Å². The van der Waals surface area contributed by atoms with Gasteiger partial charge in [-0.1, -0.05) is 33.6 Å². The molecule has 1 aliphatic heterocycles. The minimum absolute atomic E-state index is 0.0146. The molecule has 1 N–H and O–H groups in total. The quantitative estimate of drug-likeness (QED) is 0.217. The van der Waals surface area contributed by atoms with Crippen molar-refractivity contribution in [2.45, 2.75) is 32.1 Å². The molecule has 38 heavy (non-hydrogen) atoms. The number of halogens is 3. The molecule has 1 aromatic heterocycles. The maximum atomic E-state index is 13.6. The first-order chi connectivity index (χ1) is 18.3. The Bertz CT molecular complexity index is 1350. The van der Waals surface area contributed by atoms with Crippen molar-refractivity contribution in [1.29, 1.82) is 0 Å². The topological polar surface area (TPSA) is 67.3 Å². The molecule has 5 rings (SSSR count). The monoisotopic (exact) mass is 600 g/mol. The highest BCUT2D eigenvalue weighted by molar-refractivity contribution is 9.09. The normalized spacial score (nSPS) is 17.7. The molecule has 0 bridgehead atoms. The molecule has 6 nitrogen and oxygen atoms in total. The number of ether oxygens (including phenoxy) is 1. The maximum Gasteiger partial charge on any atom is 0.159 e. The summed E-state index contributed by atoms with van der Waals surface area (Å²) in [5.41, 5.74) is 2.56. The number of likely N-dealkylation sites (tertiary alicyclic amines) is 1. The molecule has 2 aliphatic rings. The van der Waals surface area contributed by atoms with Crippen molar-refractivity contribution in [2.24, 2.45) is 11.3 Å². The summed E-state index contributed by atoms with van der Waals surface area (Å²) < 4.78 is 20.0. The number of piperidine rings is 1. The van der Waals surface area contributed by atoms with E-state index in [1.165, 1.54) is 57.2 Å². The van der Waals surface area contributed by atoms with Gasteiger partial charge in [-0.2, -0.15) is 0 Å². The number of hydrogen-bond acceptors (Lipinski definition) is 6. The van der Waals surface area contributed by atoms with E-state index in [0.717, 1.165) is 10.9 Å². The van der Waals surface area contributed by atoms with Crippen molar-refractivity contribution >= 4 is 55.7 Å². The Morgan fingerprint density at radius 3 is 2.79 bits per heavy atom. The first-order valence-electron chi connectivity index (χ1n) is 12.9. The lowest BCUT2D eigenvalue weighted by molar-refractivity contribution is -0.114. The van der Waals surface area contributed by atoms with Crippen LogP contribution in [0, 0.1) is 17.2 Å². The Morgan fingerprint density at radius 1 is 1.26 bits per heavy atom. The van der Waals surface area contributed by atoms with Gasteiger partial charge in [0, 0.05) is 34.5 Å². The predicted octanol–water partition coefficient (Wildman–Crippen LogP) is 6.73. The van der Waals surface area contributed by atoms with Crippen LogP contribution in [0.5, 0.6) is 5.75 Å². The molecule has 2 heterocycles. The zero-order valence-corrected chi connectivity index (χ0v) is 23.7. The van der Waals surface area contributed by atoms with Gasteiger partial charge in [0.15, 0.2) is 5.78 Å². The van der Waals surface area contributed by atoms with Gasteiger partial charge in [0.2, 0.25) is 0 Å². The number of nitrogens with one attached hydrogen (secondary N) is 1. The summed E-state index contributed by atoms with van der Waals surface area (Å²) in [4.78, 5) is 23.9. The van der Waals surface area contributed by atoms with E-state index < -0.39 is 5.82 Å². The SMILES string of the molecule is CN1CCC2(CC1)CC(COc1cc3ncnc(Nc4ccc(F)c(Cl)c4)c3cc1CC(=O)/C=C/CBr)C2. The standard InChI is InChI=1S/C29H31BrClFN4O2/c1-36-9-6-29(7-10-36)15-19(16-29)17-38-27-14-26-23(12-20(27)11-22(37)3-2-8-30)28(34-18-33-26)35-21-4-5-25(32)24(31)13-21/h2-5,12-14,18-19H,6-11,15-17H2,1H3,(H,33,34,35)/b3-2+. The highest BCUT2D eigenvalue weighted by Crippen LogP contribution is 2.52. The van der Waals surface area contributed by atoms with E-state index in [1.807, 2.05) is 12.1 Å². The Morgan fingerprint density at radius 2 is 2.05 bits per heavy atom. The van der Waals surface area contributed by atoms with Crippen LogP contribution in [0.2, 0.25) is 5.02 Å². The van der Waals surface area contributed by atoms with Crippen molar-refractivity contribution < 1.29 is 13.9 Å². The molecule has 1 saturated carbocycles. The number of nitrogens with zero attached hydrogens (tertiary/aromatic N) is 3. The molecule has 1 spiro atoms. The van der Waals surface area contributed by atoms with E-state index in [9.17, 15) is 9.18 Å². The molecule has 0 amide bonds. The number of carbonyl (C=O) groups excluding carboxylic acids is 1. The molecular weight excluding hydrogens is 571 g/mol. The zero-order chi connectivity index (χ0) is 26.7. The van der Waals surface area contributed by atoms with Crippen LogP contribution in [0.4, 0.5) is 15.9 Å². The van der Waals surface area contributed by atoms with E-state index in [2.05, 4.69) is 43.2 Å². The third-order valence-electron chi connectivity index (χ3n) is 7.72. The second kappa shape index (κ2) is 11.7. The summed E-state index contributed by atoms with van der Waals surface area (Å²) in [6.07, 6.45) is 9.97. The fourth-order valence-corrected chi connectivity index (χ4v) is 5.99. The van der Waals surface area contributed by atoms with Crippen LogP contribution in [0.3, 0.4) is 0 Å². The number of allylic oxidation sites excluding steroid dienone is 2. The van der Waals surface area contributed by atoms with Gasteiger partial charge < -0.3 is 15.0 Å². The highest BCUT2D eigenvalue weighted by Gasteiger charge is 2.45. The van der Waals surface area contributed by atoms with Crippen LogP contribution in [0.1, 0.15) is 31.2 Å². The van der Waals surface area contributed by atoms with Gasteiger partial charge in [0.25, 0.3) is 0 Å². The molecule has 2 fully saturated rings. The van der Waals surface area contributed by atoms with Gasteiger partial charge in [-0.3, -0.25) is 4.79 Å². The Hall–Kier alpha value is -2.55. The van der Waals surface area contributed by atoms with Crippen LogP contribution < -0.4 is 10.1 Å². The summed E-state index contributed by atoms with van der Waals surface area (Å²) >= 11 is 9.29. The molecule has 9 heteroatoms. The second-order valence-corrected chi connectivity index (χ2v) is 11.6. The summed E-state index contributed by atoms with van der Waals surface area (Å²) in [5, 5.41) is 4.57. The van der Waals surface area contributed by atoms with Gasteiger partial charge in [-0.25, -0.2) is 14.4 Å². The number of aromatic nitrogens is 2. The fraction of sp³-hybridized carbons (Fsp3) is 0.414. The molecule has 3 aromatic rings. The van der Waals surface area contributed by atoms with E-state index in [4.69, 9.17) is 16.3 Å². The van der Waals surface area contributed by atoms with Crippen molar-refractivity contribution in [2.75, 3.05) is 37.4 Å². The highest BCUT2D eigenvalue weighted by atomic mass is 79.9. The minimum atomic E-state index is -0.489. The number of hydrogen-bond donors (Lipinski definition) is 1. The zero-order valence-electron chi connectivity index (χ0n) is 21.4. The predicted molar refractivity (Wildman–Crippen MR) is 153 cm³/mol. The van der Waals surface area contributed by atoms with Crippen LogP contribution in [-0.4, -0.2) is 52.7 Å². The Balaban J connectivity index is 1.38. The molecule has 0 unspecified atom stereocenters. The summed E-state index contributed by atoms with van der Waals surface area (Å²) in [6, 6.07) is 8.21. The number of benzene rings is 2. The molecule has 1 saturated heterocycles. The maximum absolute atomic E-state index is 13.6. The molecule has 2 aromatic carbocycles. The van der Waals surface area contributed by atoms with E-state index in [1.54, 1.807) is 18.2 Å². The van der Waals surface area contributed by atoms with E-state index in [0.29, 0.717) is 46.0 Å². The van der Waals surface area contributed by atoms with Crippen LogP contribution in [0.15, 0.2) is 48.8 Å². The summed E-state index contributed by atoms with van der Waals surface area (Å²) in [5.74, 6) is 1.24. The minimum Gasteiger partial charge on any atom is -0.493 e. The van der Waals surface area contributed by atoms with Crippen LogP contribution >= 0.6 is 27.5 Å². The Kier molecular flexibility index (Phi) is 8.31. The van der Waals surface area contributed by atoms with Crippen molar-refractivity contribution in [1.82, 2.24) is 14.9 Å². The third-order valence-corrected chi connectivity index (χ3v) is 8.39. The summed E-state index contributed by atoms with van der Waals surface area (Å²) in [7, 11) is 2.20. The van der Waals surface area contributed by atoms with Crippen LogP contribution in [-0.2, 0) is 11.2 Å². The molecule has 0 atom stereocenters. The lowest BCUT2D eigenvalue weighted by Crippen LogP contribution is -2.47. The number of fused-ring (bicyclic) bond motifs is 1. The number of alkyl halides is 1. The average Bonchev–Trinajstić information content (AvgIpc) is 2.88. The van der Waals surface area contributed by atoms with Crippen molar-refractivity contribution in [3.05, 3.63) is 65.2 Å². The smallest absolute Gasteiger partial charge is 0.159 e. The number of carbonyl (C=O) groups is 1. The van der Waals surface area contributed by atoms with Gasteiger partial charge >= 0.3 is 0 Å². The van der Waals surface area contributed by atoms with Crippen molar-refractivity contribution in [3.63, 3.8) is 0 Å². The van der Waals surface area contributed by atoms with Gasteiger partial charge in [-0.05, 0) is 87.5 Å². The third kappa shape index (κ3) is 6.19. The largest absolute Gasteiger partial charge is 0.493 e. The molecule has 0 radical (unpaired) electrons. The number of anilines is 2. The van der Waals surface area contributed by atoms with Crippen molar-refractivity contribution in [3.8, 4) is 5.75 Å². The number of ketones is 1. The summed E-state index contributed by atoms with van der Waals surface area (Å²) in [6.45, 7) is 2.98. The number of rotatable bonds is 9. The lowest BCUT2D eigenvalue weighted by atomic mass is 9.58. The van der Waals surface area contributed by atoms with Gasteiger partial charge in [-0.15, -0.1) is 0 Å². The molecular formula is C29H31BrClFN4O2. The lowest BCUT2D eigenvalue weighted by Gasteiger charge is -2.51.